The standard InChI is InChI=1S/C13H18N4O2S/c1-5-6-17-8-7(9(18)15-12(17)19)10(20)16-11(14-8)13(2,3)4/h5-6H2,1-4H3,(H,14,16,20)(H,15,18,19). The van der Waals surface area contributed by atoms with Crippen LogP contribution < -0.4 is 11.2 Å². The Morgan fingerprint density at radius 3 is 2.45 bits per heavy atom. The fraction of sp³-hybridized carbons (Fsp3) is 0.538. The van der Waals surface area contributed by atoms with Crippen LogP contribution in [0.3, 0.4) is 0 Å². The molecule has 0 aliphatic carbocycles. The van der Waals surface area contributed by atoms with Crippen LogP contribution in [-0.2, 0) is 12.0 Å². The Hall–Kier alpha value is -1.76. The number of rotatable bonds is 2. The van der Waals surface area contributed by atoms with Crippen molar-refractivity contribution in [1.82, 2.24) is 19.5 Å². The first-order valence-electron chi connectivity index (χ1n) is 6.53. The Labute approximate surface area is 120 Å². The van der Waals surface area contributed by atoms with Crippen LogP contribution in [-0.4, -0.2) is 19.5 Å². The van der Waals surface area contributed by atoms with Crippen molar-refractivity contribution in [3.63, 3.8) is 0 Å². The van der Waals surface area contributed by atoms with Crippen LogP contribution in [0.1, 0.15) is 39.9 Å². The lowest BCUT2D eigenvalue weighted by molar-refractivity contribution is 0.543. The van der Waals surface area contributed by atoms with Gasteiger partial charge in [-0.2, -0.15) is 0 Å². The number of nitrogens with one attached hydrogen (secondary N) is 2. The Morgan fingerprint density at radius 2 is 1.90 bits per heavy atom. The molecule has 2 aromatic rings. The van der Waals surface area contributed by atoms with E-state index in [-0.39, 0.29) is 15.4 Å². The molecule has 0 atom stereocenters. The summed E-state index contributed by atoms with van der Waals surface area (Å²) in [5.74, 6) is 0.657. The summed E-state index contributed by atoms with van der Waals surface area (Å²) in [4.78, 5) is 33.6. The number of aryl methyl sites for hydroxylation is 1. The molecule has 6 nitrogen and oxygen atoms in total. The third kappa shape index (κ3) is 2.45. The van der Waals surface area contributed by atoms with E-state index in [0.29, 0.717) is 18.0 Å². The average Bonchev–Trinajstić information content (AvgIpc) is 2.32. The molecule has 0 aliphatic heterocycles. The second-order valence-corrected chi connectivity index (χ2v) is 6.16. The van der Waals surface area contributed by atoms with Gasteiger partial charge >= 0.3 is 5.69 Å². The highest BCUT2D eigenvalue weighted by molar-refractivity contribution is 7.71. The van der Waals surface area contributed by atoms with Gasteiger partial charge in [-0.25, -0.2) is 9.78 Å². The predicted molar refractivity (Wildman–Crippen MR) is 80.8 cm³/mol. The van der Waals surface area contributed by atoms with Crippen molar-refractivity contribution in [3.8, 4) is 0 Å². The Morgan fingerprint density at radius 1 is 1.25 bits per heavy atom. The zero-order chi connectivity index (χ0) is 15.1. The van der Waals surface area contributed by atoms with Crippen LogP contribution in [0, 0.1) is 4.64 Å². The quantitative estimate of drug-likeness (QED) is 0.828. The fourth-order valence-electron chi connectivity index (χ4n) is 1.99. The lowest BCUT2D eigenvalue weighted by atomic mass is 9.96. The van der Waals surface area contributed by atoms with Crippen LogP contribution in [0.15, 0.2) is 9.59 Å². The molecule has 0 bridgehead atoms. The van der Waals surface area contributed by atoms with Crippen molar-refractivity contribution in [2.75, 3.05) is 0 Å². The molecular formula is C13H18N4O2S. The van der Waals surface area contributed by atoms with Crippen LogP contribution in [0.5, 0.6) is 0 Å². The van der Waals surface area contributed by atoms with Gasteiger partial charge in [0, 0.05) is 12.0 Å². The summed E-state index contributed by atoms with van der Waals surface area (Å²) in [5, 5.41) is 0.265. The lowest BCUT2D eigenvalue weighted by Gasteiger charge is -2.18. The predicted octanol–water partition coefficient (Wildman–Crippen LogP) is 1.85. The summed E-state index contributed by atoms with van der Waals surface area (Å²) in [6, 6.07) is 0. The highest BCUT2D eigenvalue weighted by Gasteiger charge is 2.19. The van der Waals surface area contributed by atoms with Crippen molar-refractivity contribution in [1.29, 1.82) is 0 Å². The van der Waals surface area contributed by atoms with E-state index in [1.807, 2.05) is 27.7 Å². The molecule has 0 aliphatic rings. The average molecular weight is 294 g/mol. The van der Waals surface area contributed by atoms with E-state index < -0.39 is 11.2 Å². The van der Waals surface area contributed by atoms with Gasteiger partial charge in [-0.1, -0.05) is 39.9 Å². The van der Waals surface area contributed by atoms with Gasteiger partial charge in [-0.3, -0.25) is 14.3 Å². The second-order valence-electron chi connectivity index (χ2n) is 5.78. The first-order chi connectivity index (χ1) is 9.25. The second kappa shape index (κ2) is 4.97. The van der Waals surface area contributed by atoms with E-state index in [9.17, 15) is 9.59 Å². The van der Waals surface area contributed by atoms with Crippen LogP contribution in [0.2, 0.25) is 0 Å². The Bertz CT molecular complexity index is 823. The number of hydrogen-bond donors (Lipinski definition) is 2. The van der Waals surface area contributed by atoms with Crippen LogP contribution >= 0.6 is 12.2 Å². The Kier molecular flexibility index (Phi) is 3.64. The van der Waals surface area contributed by atoms with Crippen LogP contribution in [0.25, 0.3) is 11.0 Å². The zero-order valence-corrected chi connectivity index (χ0v) is 12.8. The van der Waals surface area contributed by atoms with Crippen molar-refractivity contribution in [2.24, 2.45) is 0 Å². The van der Waals surface area contributed by atoms with Gasteiger partial charge in [0.2, 0.25) is 0 Å². The van der Waals surface area contributed by atoms with Crippen LogP contribution in [0.4, 0.5) is 0 Å². The van der Waals surface area contributed by atoms with E-state index in [4.69, 9.17) is 12.2 Å². The molecule has 0 spiro atoms. The van der Waals surface area contributed by atoms with Crippen molar-refractivity contribution in [3.05, 3.63) is 31.3 Å². The summed E-state index contributed by atoms with van der Waals surface area (Å²) in [5.41, 5.74) is -0.726. The monoisotopic (exact) mass is 294 g/mol. The molecule has 0 saturated heterocycles. The number of nitrogens with zero attached hydrogens (tertiary/aromatic N) is 2. The molecular weight excluding hydrogens is 276 g/mol. The molecule has 2 rings (SSSR count). The molecule has 108 valence electrons. The van der Waals surface area contributed by atoms with E-state index in [1.165, 1.54) is 4.57 Å². The molecule has 0 saturated carbocycles. The van der Waals surface area contributed by atoms with E-state index >= 15 is 0 Å². The SMILES string of the molecule is CCCn1c(=O)[nH]c(=O)c2c(=S)nc(C(C)(C)C)[nH]c21. The molecule has 2 heterocycles. The number of fused-ring (bicyclic) bond motifs is 1. The molecule has 2 aromatic heterocycles. The third-order valence-corrected chi connectivity index (χ3v) is 3.32. The molecule has 7 heteroatoms. The zero-order valence-electron chi connectivity index (χ0n) is 12.0. The maximum absolute atomic E-state index is 11.9. The minimum Gasteiger partial charge on any atom is -0.329 e. The molecule has 0 radical (unpaired) electrons. The lowest BCUT2D eigenvalue weighted by Crippen LogP contribution is -2.32. The summed E-state index contributed by atoms with van der Waals surface area (Å²) >= 11 is 5.22. The van der Waals surface area contributed by atoms with Gasteiger partial charge in [0.15, 0.2) is 0 Å². The summed E-state index contributed by atoms with van der Waals surface area (Å²) in [6.45, 7) is 8.43. The maximum Gasteiger partial charge on any atom is 0.329 e. The van der Waals surface area contributed by atoms with E-state index in [0.717, 1.165) is 6.42 Å². The fourth-order valence-corrected chi connectivity index (χ4v) is 2.27. The molecule has 0 aromatic carbocycles. The highest BCUT2D eigenvalue weighted by atomic mass is 32.1. The smallest absolute Gasteiger partial charge is 0.329 e. The van der Waals surface area contributed by atoms with Gasteiger partial charge in [-0.15, -0.1) is 0 Å². The topological polar surface area (TPSA) is 83.5 Å². The first kappa shape index (κ1) is 14.6. The minimum absolute atomic E-state index is 0.217. The Balaban J connectivity index is 3.00. The largest absolute Gasteiger partial charge is 0.329 e. The van der Waals surface area contributed by atoms with Crippen molar-refractivity contribution < 1.29 is 0 Å². The van der Waals surface area contributed by atoms with Gasteiger partial charge < -0.3 is 4.98 Å². The van der Waals surface area contributed by atoms with E-state index in [1.54, 1.807) is 0 Å². The minimum atomic E-state index is -0.494. The number of H-pyrrole nitrogens is 2. The summed E-state index contributed by atoms with van der Waals surface area (Å²) in [6.07, 6.45) is 0.773. The third-order valence-electron chi connectivity index (χ3n) is 3.02. The summed E-state index contributed by atoms with van der Waals surface area (Å²) < 4.78 is 1.72. The van der Waals surface area contributed by atoms with Gasteiger partial charge in [-0.05, 0) is 6.42 Å². The van der Waals surface area contributed by atoms with Crippen molar-refractivity contribution in [2.45, 2.75) is 46.1 Å². The normalized spacial score (nSPS) is 12.0. The molecule has 0 amide bonds. The van der Waals surface area contributed by atoms with Crippen molar-refractivity contribution >= 4 is 23.3 Å². The van der Waals surface area contributed by atoms with E-state index in [2.05, 4.69) is 15.0 Å². The van der Waals surface area contributed by atoms with Gasteiger partial charge in [0.1, 0.15) is 21.5 Å². The first-order valence-corrected chi connectivity index (χ1v) is 6.94. The molecule has 0 unspecified atom stereocenters. The maximum atomic E-state index is 11.9. The number of aromatic nitrogens is 4. The molecule has 2 N–H and O–H groups in total. The molecule has 0 fully saturated rings. The van der Waals surface area contributed by atoms with Gasteiger partial charge in [0.05, 0.1) is 0 Å². The van der Waals surface area contributed by atoms with Gasteiger partial charge in [0.25, 0.3) is 5.56 Å². The number of aromatic amines is 2. The number of hydrogen-bond acceptors (Lipinski definition) is 4. The molecule has 20 heavy (non-hydrogen) atoms. The summed E-state index contributed by atoms with van der Waals surface area (Å²) in [7, 11) is 0. The highest BCUT2D eigenvalue weighted by Crippen LogP contribution is 2.19.